The van der Waals surface area contributed by atoms with Crippen LogP contribution in [0.25, 0.3) is 0 Å². The van der Waals surface area contributed by atoms with Crippen LogP contribution in [-0.4, -0.2) is 16.6 Å². The Bertz CT molecular complexity index is 526. The Labute approximate surface area is 93.3 Å². The minimum atomic E-state index is -0.122. The molecule has 0 fully saturated rings. The number of benzene rings is 1. The zero-order valence-corrected chi connectivity index (χ0v) is 8.88. The molecule has 0 radical (unpaired) electrons. The lowest BCUT2D eigenvalue weighted by Gasteiger charge is -2.00. The van der Waals surface area contributed by atoms with Crippen molar-refractivity contribution in [1.82, 2.24) is 4.57 Å². The van der Waals surface area contributed by atoms with E-state index in [1.165, 1.54) is 0 Å². The van der Waals surface area contributed by atoms with Crippen LogP contribution < -0.4 is 0 Å². The molecule has 16 heavy (non-hydrogen) atoms. The Kier molecular flexibility index (Phi) is 2.68. The number of hydrogen-bond donors (Lipinski definition) is 0. The maximum atomic E-state index is 12.1. The summed E-state index contributed by atoms with van der Waals surface area (Å²) in [5.74, 6) is -0.122. The summed E-state index contributed by atoms with van der Waals surface area (Å²) in [6, 6.07) is 10.6. The molecule has 1 aromatic heterocycles. The third kappa shape index (κ3) is 1.67. The van der Waals surface area contributed by atoms with Crippen molar-refractivity contribution in [2.24, 2.45) is 7.05 Å². The van der Waals surface area contributed by atoms with E-state index in [1.54, 1.807) is 48.1 Å². The summed E-state index contributed by atoms with van der Waals surface area (Å²) in [4.78, 5) is 22.9. The van der Waals surface area contributed by atoms with E-state index in [4.69, 9.17) is 0 Å². The summed E-state index contributed by atoms with van der Waals surface area (Å²) >= 11 is 0. The molecule has 1 heterocycles. The van der Waals surface area contributed by atoms with Crippen LogP contribution in [0.3, 0.4) is 0 Å². The number of carbonyl (C=O) groups excluding carboxylic acids is 2. The van der Waals surface area contributed by atoms with Gasteiger partial charge in [0.05, 0.1) is 11.3 Å². The highest BCUT2D eigenvalue weighted by atomic mass is 16.1. The third-order valence-corrected chi connectivity index (χ3v) is 2.51. The predicted octanol–water partition coefficient (Wildman–Crippen LogP) is 2.07. The first-order valence-electron chi connectivity index (χ1n) is 4.94. The van der Waals surface area contributed by atoms with E-state index in [0.717, 1.165) is 0 Å². The topological polar surface area (TPSA) is 39.1 Å². The van der Waals surface area contributed by atoms with Crippen LogP contribution in [0, 0.1) is 0 Å². The summed E-state index contributed by atoms with van der Waals surface area (Å²) in [6.07, 6.45) is 2.41. The molecule has 0 amide bonds. The predicted molar refractivity (Wildman–Crippen MR) is 60.7 cm³/mol. The molecule has 0 saturated heterocycles. The minimum absolute atomic E-state index is 0.122. The van der Waals surface area contributed by atoms with Gasteiger partial charge in [-0.25, -0.2) is 0 Å². The van der Waals surface area contributed by atoms with Crippen molar-refractivity contribution in [2.45, 2.75) is 0 Å². The molecule has 0 spiro atoms. The zero-order valence-electron chi connectivity index (χ0n) is 8.88. The maximum Gasteiger partial charge on any atom is 0.195 e. The van der Waals surface area contributed by atoms with Gasteiger partial charge in [-0.3, -0.25) is 9.59 Å². The highest BCUT2D eigenvalue weighted by molar-refractivity contribution is 6.12. The first-order valence-corrected chi connectivity index (χ1v) is 4.94. The van der Waals surface area contributed by atoms with Crippen LogP contribution in [0.15, 0.2) is 42.6 Å². The Balaban J connectivity index is 2.46. The molecule has 2 rings (SSSR count). The van der Waals surface area contributed by atoms with Gasteiger partial charge in [0.25, 0.3) is 0 Å². The summed E-state index contributed by atoms with van der Waals surface area (Å²) in [5, 5.41) is 0. The zero-order chi connectivity index (χ0) is 11.5. The molecule has 0 aliphatic heterocycles. The number of aromatic nitrogens is 1. The van der Waals surface area contributed by atoms with Crippen molar-refractivity contribution < 1.29 is 9.59 Å². The van der Waals surface area contributed by atoms with Gasteiger partial charge in [-0.05, 0) is 6.07 Å². The van der Waals surface area contributed by atoms with Gasteiger partial charge in [0.15, 0.2) is 12.1 Å². The molecule has 0 bridgehead atoms. The summed E-state index contributed by atoms with van der Waals surface area (Å²) in [6.45, 7) is 0. The minimum Gasteiger partial charge on any atom is -0.348 e. The second-order valence-electron chi connectivity index (χ2n) is 3.54. The van der Waals surface area contributed by atoms with E-state index in [2.05, 4.69) is 0 Å². The average molecular weight is 213 g/mol. The quantitative estimate of drug-likeness (QED) is 0.578. The molecule has 0 aliphatic rings. The Morgan fingerprint density at radius 2 is 1.88 bits per heavy atom. The molecular weight excluding hydrogens is 202 g/mol. The standard InChI is InChI=1S/C13H11NO2/c1-14-8-7-11(12(14)9-15)13(16)10-5-3-2-4-6-10/h2-9H,1H3. The molecule has 0 aliphatic carbocycles. The van der Waals surface area contributed by atoms with Crippen LogP contribution in [0.1, 0.15) is 26.4 Å². The fraction of sp³-hybridized carbons (Fsp3) is 0.0769. The highest BCUT2D eigenvalue weighted by Crippen LogP contribution is 2.13. The molecule has 1 aromatic carbocycles. The first kappa shape index (κ1) is 10.4. The lowest BCUT2D eigenvalue weighted by Crippen LogP contribution is -2.05. The lowest BCUT2D eigenvalue weighted by molar-refractivity contribution is 0.102. The van der Waals surface area contributed by atoms with Crippen molar-refractivity contribution in [3.63, 3.8) is 0 Å². The number of aldehydes is 1. The largest absolute Gasteiger partial charge is 0.348 e. The second-order valence-corrected chi connectivity index (χ2v) is 3.54. The van der Waals surface area contributed by atoms with Gasteiger partial charge in [0.2, 0.25) is 0 Å². The Morgan fingerprint density at radius 1 is 1.19 bits per heavy atom. The smallest absolute Gasteiger partial charge is 0.195 e. The first-order chi connectivity index (χ1) is 7.74. The van der Waals surface area contributed by atoms with Crippen LogP contribution in [0.4, 0.5) is 0 Å². The Morgan fingerprint density at radius 3 is 2.50 bits per heavy atom. The van der Waals surface area contributed by atoms with E-state index >= 15 is 0 Å². The SMILES string of the molecule is Cn1ccc(C(=O)c2ccccc2)c1C=O. The normalized spacial score (nSPS) is 10.1. The highest BCUT2D eigenvalue weighted by Gasteiger charge is 2.15. The van der Waals surface area contributed by atoms with E-state index in [1.807, 2.05) is 6.07 Å². The number of ketones is 1. The van der Waals surface area contributed by atoms with Gasteiger partial charge < -0.3 is 4.57 Å². The van der Waals surface area contributed by atoms with Gasteiger partial charge in [-0.2, -0.15) is 0 Å². The summed E-state index contributed by atoms with van der Waals surface area (Å²) in [5.41, 5.74) is 1.45. The maximum absolute atomic E-state index is 12.1. The van der Waals surface area contributed by atoms with Crippen molar-refractivity contribution in [3.8, 4) is 0 Å². The van der Waals surface area contributed by atoms with E-state index in [-0.39, 0.29) is 5.78 Å². The van der Waals surface area contributed by atoms with Crippen molar-refractivity contribution in [3.05, 3.63) is 59.4 Å². The molecule has 3 heteroatoms. The third-order valence-electron chi connectivity index (χ3n) is 2.51. The molecule has 3 nitrogen and oxygen atoms in total. The van der Waals surface area contributed by atoms with Crippen molar-refractivity contribution in [2.75, 3.05) is 0 Å². The van der Waals surface area contributed by atoms with E-state index < -0.39 is 0 Å². The second kappa shape index (κ2) is 4.14. The number of hydrogen-bond acceptors (Lipinski definition) is 2. The van der Waals surface area contributed by atoms with Gasteiger partial charge in [0.1, 0.15) is 0 Å². The van der Waals surface area contributed by atoms with Crippen LogP contribution in [0.2, 0.25) is 0 Å². The number of rotatable bonds is 3. The molecule has 0 unspecified atom stereocenters. The fourth-order valence-electron chi connectivity index (χ4n) is 1.63. The van der Waals surface area contributed by atoms with E-state index in [0.29, 0.717) is 23.1 Å². The monoisotopic (exact) mass is 213 g/mol. The lowest BCUT2D eigenvalue weighted by atomic mass is 10.0. The van der Waals surface area contributed by atoms with Crippen LogP contribution in [-0.2, 0) is 7.05 Å². The fourth-order valence-corrected chi connectivity index (χ4v) is 1.63. The van der Waals surface area contributed by atoms with Gasteiger partial charge in [-0.1, -0.05) is 30.3 Å². The molecule has 0 N–H and O–H groups in total. The number of aryl methyl sites for hydroxylation is 1. The summed E-state index contributed by atoms with van der Waals surface area (Å²) < 4.78 is 1.64. The molecule has 0 atom stereocenters. The Hall–Kier alpha value is -2.16. The van der Waals surface area contributed by atoms with Gasteiger partial charge in [-0.15, -0.1) is 0 Å². The molecule has 80 valence electrons. The van der Waals surface area contributed by atoms with E-state index in [9.17, 15) is 9.59 Å². The van der Waals surface area contributed by atoms with Crippen molar-refractivity contribution in [1.29, 1.82) is 0 Å². The van der Waals surface area contributed by atoms with Gasteiger partial charge >= 0.3 is 0 Å². The van der Waals surface area contributed by atoms with Crippen LogP contribution in [0.5, 0.6) is 0 Å². The molecule has 0 saturated carbocycles. The van der Waals surface area contributed by atoms with Crippen molar-refractivity contribution >= 4 is 12.1 Å². The van der Waals surface area contributed by atoms with Crippen LogP contribution >= 0.6 is 0 Å². The van der Waals surface area contributed by atoms with Gasteiger partial charge in [0, 0.05) is 18.8 Å². The molecule has 2 aromatic rings. The number of nitrogens with zero attached hydrogens (tertiary/aromatic N) is 1. The summed E-state index contributed by atoms with van der Waals surface area (Å²) in [7, 11) is 1.74. The molecular formula is C13H11NO2. The number of carbonyl (C=O) groups is 2. The average Bonchev–Trinajstić information content (AvgIpc) is 2.70.